The summed E-state index contributed by atoms with van der Waals surface area (Å²) in [5, 5.41) is 20.0. The SMILES string of the molecule is CCCc1c(-c2ccc([N+](=O)[O-])c(C)c2)sc(C#N)c1N. The van der Waals surface area contributed by atoms with Gasteiger partial charge in [-0.2, -0.15) is 5.26 Å². The predicted molar refractivity (Wildman–Crippen MR) is 84.3 cm³/mol. The van der Waals surface area contributed by atoms with Crippen molar-refractivity contribution in [2.45, 2.75) is 26.7 Å². The highest BCUT2D eigenvalue weighted by Crippen LogP contribution is 2.40. The molecule has 1 aromatic heterocycles. The highest BCUT2D eigenvalue weighted by molar-refractivity contribution is 7.16. The van der Waals surface area contributed by atoms with Crippen molar-refractivity contribution in [3.63, 3.8) is 0 Å². The molecular weight excluding hydrogens is 286 g/mol. The molecule has 2 N–H and O–H groups in total. The molecule has 21 heavy (non-hydrogen) atoms. The van der Waals surface area contributed by atoms with Crippen molar-refractivity contribution in [1.82, 2.24) is 0 Å². The number of benzene rings is 1. The van der Waals surface area contributed by atoms with Crippen molar-refractivity contribution in [3.8, 4) is 16.5 Å². The molecule has 108 valence electrons. The number of nitro groups is 1. The van der Waals surface area contributed by atoms with Crippen LogP contribution in [0, 0.1) is 28.4 Å². The number of nitro benzene ring substituents is 1. The third kappa shape index (κ3) is 2.73. The molecule has 0 aliphatic carbocycles. The Labute approximate surface area is 126 Å². The van der Waals surface area contributed by atoms with E-state index < -0.39 is 4.92 Å². The van der Waals surface area contributed by atoms with Crippen LogP contribution in [0.3, 0.4) is 0 Å². The van der Waals surface area contributed by atoms with Gasteiger partial charge in [0.1, 0.15) is 10.9 Å². The molecular formula is C15H15N3O2S. The van der Waals surface area contributed by atoms with Crippen molar-refractivity contribution in [2.24, 2.45) is 0 Å². The fourth-order valence-electron chi connectivity index (χ4n) is 2.29. The first-order chi connectivity index (χ1) is 9.99. The van der Waals surface area contributed by atoms with Crippen LogP contribution in [0.15, 0.2) is 18.2 Å². The second-order valence-electron chi connectivity index (χ2n) is 4.77. The zero-order valence-electron chi connectivity index (χ0n) is 11.8. The summed E-state index contributed by atoms with van der Waals surface area (Å²) in [6.45, 7) is 3.76. The Hall–Kier alpha value is -2.39. The maximum Gasteiger partial charge on any atom is 0.272 e. The van der Waals surface area contributed by atoms with Crippen LogP contribution in [0.25, 0.3) is 10.4 Å². The summed E-state index contributed by atoms with van der Waals surface area (Å²) in [5.41, 5.74) is 9.11. The van der Waals surface area contributed by atoms with E-state index in [1.54, 1.807) is 19.1 Å². The Bertz CT molecular complexity index is 744. The Morgan fingerprint density at radius 3 is 2.71 bits per heavy atom. The maximum absolute atomic E-state index is 10.9. The summed E-state index contributed by atoms with van der Waals surface area (Å²) < 4.78 is 0. The Kier molecular flexibility index (Phi) is 4.24. The van der Waals surface area contributed by atoms with Gasteiger partial charge < -0.3 is 5.73 Å². The lowest BCUT2D eigenvalue weighted by Gasteiger charge is -2.05. The van der Waals surface area contributed by atoms with Gasteiger partial charge in [-0.25, -0.2) is 0 Å². The largest absolute Gasteiger partial charge is 0.397 e. The molecule has 0 aliphatic rings. The summed E-state index contributed by atoms with van der Waals surface area (Å²) in [7, 11) is 0. The molecule has 0 unspecified atom stereocenters. The molecule has 0 amide bonds. The van der Waals surface area contributed by atoms with Crippen molar-refractivity contribution >= 4 is 22.7 Å². The van der Waals surface area contributed by atoms with E-state index in [-0.39, 0.29) is 5.69 Å². The minimum atomic E-state index is -0.393. The summed E-state index contributed by atoms with van der Waals surface area (Å²) in [6, 6.07) is 7.12. The topological polar surface area (TPSA) is 93.0 Å². The number of nitrogens with zero attached hydrogens (tertiary/aromatic N) is 2. The third-order valence-corrected chi connectivity index (χ3v) is 4.51. The zero-order valence-corrected chi connectivity index (χ0v) is 12.7. The first-order valence-electron chi connectivity index (χ1n) is 6.56. The summed E-state index contributed by atoms with van der Waals surface area (Å²) in [4.78, 5) is 11.9. The standard InChI is InChI=1S/C15H15N3O2S/c1-3-4-11-14(17)13(8-16)21-15(11)10-5-6-12(18(19)20)9(2)7-10/h5-7H,3-4,17H2,1-2H3. The van der Waals surface area contributed by atoms with Gasteiger partial charge in [0.15, 0.2) is 0 Å². The lowest BCUT2D eigenvalue weighted by Crippen LogP contribution is -1.94. The van der Waals surface area contributed by atoms with Crippen LogP contribution in [-0.4, -0.2) is 4.92 Å². The summed E-state index contributed by atoms with van der Waals surface area (Å²) >= 11 is 1.35. The molecule has 0 spiro atoms. The van der Waals surface area contributed by atoms with Crippen LogP contribution in [0.5, 0.6) is 0 Å². The van der Waals surface area contributed by atoms with Gasteiger partial charge in [0.2, 0.25) is 0 Å². The van der Waals surface area contributed by atoms with Crippen molar-refractivity contribution in [1.29, 1.82) is 5.26 Å². The fourth-order valence-corrected chi connectivity index (χ4v) is 3.36. The Morgan fingerprint density at radius 1 is 1.48 bits per heavy atom. The van der Waals surface area contributed by atoms with Crippen LogP contribution in [-0.2, 0) is 6.42 Å². The summed E-state index contributed by atoms with van der Waals surface area (Å²) in [5.74, 6) is 0. The van der Waals surface area contributed by atoms with E-state index in [9.17, 15) is 10.1 Å². The van der Waals surface area contributed by atoms with Gasteiger partial charge in [-0.05, 0) is 36.6 Å². The van der Waals surface area contributed by atoms with Gasteiger partial charge in [0.25, 0.3) is 5.69 Å². The average molecular weight is 301 g/mol. The molecule has 2 rings (SSSR count). The molecule has 1 heterocycles. The van der Waals surface area contributed by atoms with Gasteiger partial charge >= 0.3 is 0 Å². The second kappa shape index (κ2) is 5.94. The molecule has 2 aromatic rings. The smallest absolute Gasteiger partial charge is 0.272 e. The molecule has 0 radical (unpaired) electrons. The number of nitrogens with two attached hydrogens (primary N) is 1. The molecule has 1 aromatic carbocycles. The van der Waals surface area contributed by atoms with E-state index in [0.29, 0.717) is 16.1 Å². The Balaban J connectivity index is 2.59. The molecule has 0 saturated heterocycles. The van der Waals surface area contributed by atoms with E-state index in [2.05, 4.69) is 6.07 Å². The lowest BCUT2D eigenvalue weighted by atomic mass is 10.0. The van der Waals surface area contributed by atoms with Crippen molar-refractivity contribution in [3.05, 3.63) is 44.3 Å². The van der Waals surface area contributed by atoms with E-state index >= 15 is 0 Å². The number of nitrogen functional groups attached to an aromatic ring is 1. The van der Waals surface area contributed by atoms with Gasteiger partial charge in [-0.15, -0.1) is 11.3 Å². The lowest BCUT2D eigenvalue weighted by molar-refractivity contribution is -0.385. The first kappa shape index (κ1) is 15.0. The fraction of sp³-hybridized carbons (Fsp3) is 0.267. The minimum absolute atomic E-state index is 0.0980. The second-order valence-corrected chi connectivity index (χ2v) is 5.79. The van der Waals surface area contributed by atoms with E-state index in [1.165, 1.54) is 17.4 Å². The van der Waals surface area contributed by atoms with Crippen molar-refractivity contribution < 1.29 is 4.92 Å². The van der Waals surface area contributed by atoms with Crippen LogP contribution >= 0.6 is 11.3 Å². The highest BCUT2D eigenvalue weighted by atomic mass is 32.1. The first-order valence-corrected chi connectivity index (χ1v) is 7.37. The monoisotopic (exact) mass is 301 g/mol. The van der Waals surface area contributed by atoms with Crippen LogP contribution in [0.2, 0.25) is 0 Å². The molecule has 0 bridgehead atoms. The highest BCUT2D eigenvalue weighted by Gasteiger charge is 2.18. The average Bonchev–Trinajstić information content (AvgIpc) is 2.76. The Morgan fingerprint density at radius 2 is 2.19 bits per heavy atom. The number of aryl methyl sites for hydroxylation is 1. The van der Waals surface area contributed by atoms with Crippen LogP contribution in [0.4, 0.5) is 11.4 Å². The normalized spacial score (nSPS) is 10.3. The van der Waals surface area contributed by atoms with E-state index in [4.69, 9.17) is 11.0 Å². The molecule has 0 aliphatic heterocycles. The number of thiophene rings is 1. The van der Waals surface area contributed by atoms with Gasteiger partial charge in [0, 0.05) is 16.5 Å². The molecule has 0 atom stereocenters. The van der Waals surface area contributed by atoms with E-state index in [1.807, 2.05) is 6.92 Å². The molecule has 5 nitrogen and oxygen atoms in total. The molecule has 0 fully saturated rings. The van der Waals surface area contributed by atoms with Crippen LogP contribution in [0.1, 0.15) is 29.3 Å². The predicted octanol–water partition coefficient (Wildman–Crippen LogP) is 4.04. The maximum atomic E-state index is 10.9. The third-order valence-electron chi connectivity index (χ3n) is 3.31. The minimum Gasteiger partial charge on any atom is -0.397 e. The molecule has 6 heteroatoms. The number of nitriles is 1. The number of hydrogen-bond donors (Lipinski definition) is 1. The quantitative estimate of drug-likeness (QED) is 0.681. The number of rotatable bonds is 4. The molecule has 0 saturated carbocycles. The van der Waals surface area contributed by atoms with Crippen molar-refractivity contribution in [2.75, 3.05) is 5.73 Å². The number of hydrogen-bond acceptors (Lipinski definition) is 5. The zero-order chi connectivity index (χ0) is 15.6. The van der Waals surface area contributed by atoms with E-state index in [0.717, 1.165) is 28.8 Å². The van der Waals surface area contributed by atoms with Gasteiger partial charge in [-0.1, -0.05) is 13.3 Å². The summed E-state index contributed by atoms with van der Waals surface area (Å²) in [6.07, 6.45) is 1.71. The number of anilines is 1. The van der Waals surface area contributed by atoms with Gasteiger partial charge in [-0.3, -0.25) is 10.1 Å². The van der Waals surface area contributed by atoms with Gasteiger partial charge in [0.05, 0.1) is 10.6 Å². The van der Waals surface area contributed by atoms with Crippen LogP contribution < -0.4 is 5.73 Å².